The Hall–Kier alpha value is -2.93. The van der Waals surface area contributed by atoms with Crippen molar-refractivity contribution in [3.05, 3.63) is 16.0 Å². The molecule has 10 heteroatoms. The van der Waals surface area contributed by atoms with Gasteiger partial charge in [0.15, 0.2) is 6.61 Å². The second kappa shape index (κ2) is 8.21. The van der Waals surface area contributed by atoms with Gasteiger partial charge in [0.2, 0.25) is 0 Å². The molecule has 0 bridgehead atoms. The lowest BCUT2D eigenvalue weighted by Gasteiger charge is -2.22. The number of carbonyl (C=O) groups excluding carboxylic acids is 4. The van der Waals surface area contributed by atoms with Crippen LogP contribution in [-0.4, -0.2) is 47.4 Å². The Bertz CT molecular complexity index is 912. The monoisotopic (exact) mass is 418 g/mol. The minimum Gasteiger partial charge on any atom is -0.454 e. The first kappa shape index (κ1) is 20.8. The first-order valence-corrected chi connectivity index (χ1v) is 10.3. The van der Waals surface area contributed by atoms with Crippen molar-refractivity contribution in [2.75, 3.05) is 18.5 Å². The number of nitriles is 1. The number of fused-ring (bicyclic) bond motifs is 1. The molecule has 0 saturated carbocycles. The highest BCUT2D eigenvalue weighted by molar-refractivity contribution is 7.16. The van der Waals surface area contributed by atoms with E-state index in [2.05, 4.69) is 16.7 Å². The van der Waals surface area contributed by atoms with Gasteiger partial charge in [-0.2, -0.15) is 5.26 Å². The molecule has 1 aliphatic carbocycles. The number of amides is 4. The zero-order valence-electron chi connectivity index (χ0n) is 16.3. The largest absolute Gasteiger partial charge is 0.454 e. The number of imide groups is 1. The molecule has 9 nitrogen and oxygen atoms in total. The molecule has 1 fully saturated rings. The summed E-state index contributed by atoms with van der Waals surface area (Å²) < 4.78 is 4.92. The normalized spacial score (nSPS) is 16.9. The smallest absolute Gasteiger partial charge is 0.326 e. The fourth-order valence-corrected chi connectivity index (χ4v) is 4.90. The molecule has 4 amide bonds. The molecule has 2 aliphatic rings. The van der Waals surface area contributed by atoms with E-state index in [1.807, 2.05) is 0 Å². The summed E-state index contributed by atoms with van der Waals surface area (Å²) in [6.07, 6.45) is 3.54. The number of ether oxygens (including phenoxy) is 1. The molecule has 29 heavy (non-hydrogen) atoms. The molecular formula is C19H22N4O5S. The molecule has 0 spiro atoms. The third kappa shape index (κ3) is 3.82. The fourth-order valence-electron chi connectivity index (χ4n) is 3.64. The van der Waals surface area contributed by atoms with Gasteiger partial charge < -0.3 is 15.4 Å². The predicted octanol–water partition coefficient (Wildman–Crippen LogP) is 1.70. The Morgan fingerprint density at radius 2 is 2.03 bits per heavy atom. The number of carbonyl (C=O) groups is 4. The highest BCUT2D eigenvalue weighted by Crippen LogP contribution is 2.38. The first-order valence-electron chi connectivity index (χ1n) is 9.49. The molecule has 0 radical (unpaired) electrons. The molecule has 2 N–H and O–H groups in total. The quantitative estimate of drug-likeness (QED) is 0.512. The van der Waals surface area contributed by atoms with E-state index in [1.165, 1.54) is 11.3 Å². The molecule has 154 valence electrons. The van der Waals surface area contributed by atoms with Crippen LogP contribution in [0.25, 0.3) is 0 Å². The minimum atomic E-state index is -0.998. The van der Waals surface area contributed by atoms with Crippen molar-refractivity contribution in [3.63, 3.8) is 0 Å². The summed E-state index contributed by atoms with van der Waals surface area (Å²) in [6, 6.07) is 1.48. The number of hydrogen-bond acceptors (Lipinski definition) is 7. The van der Waals surface area contributed by atoms with Crippen LogP contribution < -0.4 is 10.6 Å². The van der Waals surface area contributed by atoms with Crippen molar-refractivity contribution < 1.29 is 23.9 Å². The van der Waals surface area contributed by atoms with E-state index in [4.69, 9.17) is 4.74 Å². The Labute approximate surface area is 172 Å². The van der Waals surface area contributed by atoms with E-state index in [-0.39, 0.29) is 0 Å². The Morgan fingerprint density at radius 1 is 1.31 bits per heavy atom. The van der Waals surface area contributed by atoms with Gasteiger partial charge >= 0.3 is 12.0 Å². The molecule has 3 rings (SSSR count). The molecule has 1 saturated heterocycles. The molecule has 1 aromatic heterocycles. The Kier molecular flexibility index (Phi) is 5.88. The Morgan fingerprint density at radius 3 is 2.66 bits per heavy atom. The first-order chi connectivity index (χ1) is 13.8. The van der Waals surface area contributed by atoms with Crippen LogP contribution in [0.1, 0.15) is 49.1 Å². The van der Waals surface area contributed by atoms with Crippen molar-refractivity contribution in [3.8, 4) is 6.07 Å². The van der Waals surface area contributed by atoms with Gasteiger partial charge in [0.05, 0.1) is 5.56 Å². The summed E-state index contributed by atoms with van der Waals surface area (Å²) >= 11 is 1.37. The summed E-state index contributed by atoms with van der Waals surface area (Å²) in [4.78, 5) is 50.6. The van der Waals surface area contributed by atoms with E-state index in [0.717, 1.165) is 34.6 Å². The summed E-state index contributed by atoms with van der Waals surface area (Å²) in [6.45, 7) is 2.44. The van der Waals surface area contributed by atoms with E-state index >= 15 is 0 Å². The van der Waals surface area contributed by atoms with Gasteiger partial charge in [-0.05, 0) is 37.7 Å². The van der Waals surface area contributed by atoms with Gasteiger partial charge in [-0.25, -0.2) is 4.79 Å². The maximum Gasteiger partial charge on any atom is 0.326 e. The highest BCUT2D eigenvalue weighted by atomic mass is 32.1. The van der Waals surface area contributed by atoms with E-state index < -0.39 is 42.5 Å². The van der Waals surface area contributed by atoms with E-state index in [9.17, 15) is 24.4 Å². The third-order valence-electron chi connectivity index (χ3n) is 5.39. The van der Waals surface area contributed by atoms with Crippen LogP contribution in [0.4, 0.5) is 9.80 Å². The number of urea groups is 1. The summed E-state index contributed by atoms with van der Waals surface area (Å²) in [5.74, 6) is -1.91. The highest BCUT2D eigenvalue weighted by Gasteiger charge is 2.49. The molecule has 0 atom stereocenters. The molecule has 0 unspecified atom stereocenters. The van der Waals surface area contributed by atoms with Gasteiger partial charge in [0.1, 0.15) is 23.2 Å². The van der Waals surface area contributed by atoms with Crippen molar-refractivity contribution in [2.45, 2.75) is 51.5 Å². The number of nitrogens with one attached hydrogen (secondary N) is 2. The van der Waals surface area contributed by atoms with Crippen molar-refractivity contribution in [1.82, 2.24) is 10.2 Å². The molecule has 2 heterocycles. The average molecular weight is 418 g/mol. The number of rotatable bonds is 7. The maximum atomic E-state index is 12.5. The number of nitrogens with zero attached hydrogens (tertiary/aromatic N) is 2. The summed E-state index contributed by atoms with van der Waals surface area (Å²) in [5.41, 5.74) is 0.456. The van der Waals surface area contributed by atoms with Gasteiger partial charge in [-0.1, -0.05) is 13.8 Å². The Balaban J connectivity index is 1.54. The van der Waals surface area contributed by atoms with Gasteiger partial charge in [-0.3, -0.25) is 19.3 Å². The standard InChI is InChI=1S/C19H22N4O5S/c1-3-19(4-2)17(26)23(18(27)22-19)9-15(25)28-10-14(24)21-16-12(8-20)11-6-5-7-13(11)29-16/h3-7,9-10H2,1-2H3,(H,21,24)(H,22,27). The minimum absolute atomic E-state index is 0.411. The summed E-state index contributed by atoms with van der Waals surface area (Å²) in [7, 11) is 0. The number of thiophene rings is 1. The van der Waals surface area contributed by atoms with E-state index in [1.54, 1.807) is 13.8 Å². The lowest BCUT2D eigenvalue weighted by Crippen LogP contribution is -2.46. The third-order valence-corrected chi connectivity index (χ3v) is 6.60. The van der Waals surface area contributed by atoms with Crippen molar-refractivity contribution in [1.29, 1.82) is 5.26 Å². The zero-order valence-corrected chi connectivity index (χ0v) is 17.1. The number of hydrogen-bond donors (Lipinski definition) is 2. The van der Waals surface area contributed by atoms with Crippen LogP contribution >= 0.6 is 11.3 Å². The maximum absolute atomic E-state index is 12.5. The van der Waals surface area contributed by atoms with Gasteiger partial charge in [-0.15, -0.1) is 11.3 Å². The van der Waals surface area contributed by atoms with Crippen LogP contribution in [0.3, 0.4) is 0 Å². The van der Waals surface area contributed by atoms with Crippen molar-refractivity contribution in [2.24, 2.45) is 0 Å². The van der Waals surface area contributed by atoms with Crippen LogP contribution in [0.5, 0.6) is 0 Å². The fraction of sp³-hybridized carbons (Fsp3) is 0.526. The lowest BCUT2D eigenvalue weighted by atomic mass is 9.93. The molecule has 1 aromatic rings. The van der Waals surface area contributed by atoms with Crippen LogP contribution in [0.2, 0.25) is 0 Å². The second-order valence-corrected chi connectivity index (χ2v) is 8.10. The van der Waals surface area contributed by atoms with Crippen LogP contribution in [0, 0.1) is 11.3 Å². The van der Waals surface area contributed by atoms with E-state index in [0.29, 0.717) is 23.4 Å². The predicted molar refractivity (Wildman–Crippen MR) is 104 cm³/mol. The SMILES string of the molecule is CCC1(CC)NC(=O)N(CC(=O)OCC(=O)Nc2sc3c(c2C#N)CCC3)C1=O. The lowest BCUT2D eigenvalue weighted by molar-refractivity contribution is -0.150. The average Bonchev–Trinajstić information content (AvgIpc) is 3.34. The zero-order chi connectivity index (χ0) is 21.2. The second-order valence-electron chi connectivity index (χ2n) is 6.99. The topological polar surface area (TPSA) is 129 Å². The number of aryl methyl sites for hydroxylation is 1. The van der Waals surface area contributed by atoms with Gasteiger partial charge in [0.25, 0.3) is 11.8 Å². The van der Waals surface area contributed by atoms with Crippen LogP contribution in [-0.2, 0) is 32.0 Å². The molecule has 1 aliphatic heterocycles. The molecule has 0 aromatic carbocycles. The summed E-state index contributed by atoms with van der Waals surface area (Å²) in [5, 5.41) is 15.0. The number of esters is 1. The van der Waals surface area contributed by atoms with Crippen LogP contribution in [0.15, 0.2) is 0 Å². The molecular weight excluding hydrogens is 396 g/mol. The van der Waals surface area contributed by atoms with Gasteiger partial charge in [0, 0.05) is 4.88 Å². The van der Waals surface area contributed by atoms with Crippen molar-refractivity contribution >= 4 is 40.2 Å². The number of anilines is 1.